The fourth-order valence-electron chi connectivity index (χ4n) is 2.67. The van der Waals surface area contributed by atoms with Crippen LogP contribution in [-0.2, 0) is 4.79 Å². The molecule has 0 aliphatic heterocycles. The van der Waals surface area contributed by atoms with Crippen molar-refractivity contribution in [2.45, 2.75) is 0 Å². The molecule has 0 saturated carbocycles. The largest absolute Gasteiger partial charge is 0.490 e. The number of hydrazine groups is 1. The van der Waals surface area contributed by atoms with Crippen LogP contribution in [0.1, 0.15) is 10.4 Å². The summed E-state index contributed by atoms with van der Waals surface area (Å²) in [4.78, 5) is 24.5. The summed E-state index contributed by atoms with van der Waals surface area (Å²) in [5.74, 6) is 0.832. The van der Waals surface area contributed by atoms with Gasteiger partial charge >= 0.3 is 0 Å². The molecule has 3 N–H and O–H groups in total. The van der Waals surface area contributed by atoms with Crippen LogP contribution in [0.4, 0.5) is 0 Å². The Morgan fingerprint density at radius 2 is 1.51 bits per heavy atom. The molecule has 0 aliphatic carbocycles. The monoisotopic (exact) mass is 621 g/mol. The maximum Gasteiger partial charge on any atom is 0.276 e. The molecule has 0 aliphatic rings. The SMILES string of the molecule is O=C(COc1ccc(Br)cc1Br)NNC(=S)NC(=O)c1cccc(OCCOc2ccccc2)c1. The molecule has 35 heavy (non-hydrogen) atoms. The second-order valence-electron chi connectivity index (χ2n) is 6.86. The van der Waals surface area contributed by atoms with Gasteiger partial charge in [-0.2, -0.15) is 0 Å². The van der Waals surface area contributed by atoms with Crippen LogP contribution in [0.3, 0.4) is 0 Å². The highest BCUT2D eigenvalue weighted by molar-refractivity contribution is 9.11. The Labute approximate surface area is 224 Å². The van der Waals surface area contributed by atoms with E-state index in [4.69, 9.17) is 26.4 Å². The van der Waals surface area contributed by atoms with E-state index in [1.807, 2.05) is 30.3 Å². The van der Waals surface area contributed by atoms with Crippen molar-refractivity contribution < 1.29 is 23.8 Å². The summed E-state index contributed by atoms with van der Waals surface area (Å²) >= 11 is 11.8. The van der Waals surface area contributed by atoms with Gasteiger partial charge in [-0.15, -0.1) is 0 Å². The lowest BCUT2D eigenvalue weighted by molar-refractivity contribution is -0.123. The Hall–Kier alpha value is -3.15. The van der Waals surface area contributed by atoms with Crippen LogP contribution in [-0.4, -0.2) is 36.7 Å². The zero-order valence-electron chi connectivity index (χ0n) is 18.3. The number of hydrogen-bond donors (Lipinski definition) is 3. The van der Waals surface area contributed by atoms with Crippen LogP contribution in [0, 0.1) is 0 Å². The molecule has 0 fully saturated rings. The number of halogens is 2. The highest BCUT2D eigenvalue weighted by Crippen LogP contribution is 2.28. The van der Waals surface area contributed by atoms with Gasteiger partial charge in [0.2, 0.25) is 0 Å². The average Bonchev–Trinajstić information content (AvgIpc) is 2.85. The van der Waals surface area contributed by atoms with Gasteiger partial charge < -0.3 is 14.2 Å². The van der Waals surface area contributed by atoms with Gasteiger partial charge in [-0.1, -0.05) is 40.2 Å². The van der Waals surface area contributed by atoms with Crippen molar-refractivity contribution in [1.29, 1.82) is 0 Å². The number of para-hydroxylation sites is 1. The highest BCUT2D eigenvalue weighted by Gasteiger charge is 2.11. The van der Waals surface area contributed by atoms with Crippen LogP contribution in [0.25, 0.3) is 0 Å². The second kappa shape index (κ2) is 13.7. The van der Waals surface area contributed by atoms with Crippen LogP contribution in [0.2, 0.25) is 0 Å². The van der Waals surface area contributed by atoms with Crippen molar-refractivity contribution in [2.75, 3.05) is 19.8 Å². The van der Waals surface area contributed by atoms with E-state index in [2.05, 4.69) is 48.0 Å². The minimum atomic E-state index is -0.482. The molecular formula is C24H21Br2N3O5S. The Balaban J connectivity index is 1.38. The lowest BCUT2D eigenvalue weighted by Gasteiger charge is -2.12. The number of amides is 2. The van der Waals surface area contributed by atoms with Gasteiger partial charge in [-0.3, -0.25) is 25.8 Å². The Kier molecular flexibility index (Phi) is 10.3. The number of ether oxygens (including phenoxy) is 3. The van der Waals surface area contributed by atoms with Crippen LogP contribution >= 0.6 is 44.1 Å². The van der Waals surface area contributed by atoms with Crippen molar-refractivity contribution in [3.05, 3.63) is 87.3 Å². The number of thiocarbonyl (C=S) groups is 1. The van der Waals surface area contributed by atoms with E-state index in [1.165, 1.54) is 0 Å². The van der Waals surface area contributed by atoms with Crippen LogP contribution < -0.4 is 30.4 Å². The minimum Gasteiger partial charge on any atom is -0.490 e. The van der Waals surface area contributed by atoms with Gasteiger partial charge in [0.25, 0.3) is 11.8 Å². The number of nitrogens with one attached hydrogen (secondary N) is 3. The first-order chi connectivity index (χ1) is 16.9. The molecule has 0 saturated heterocycles. The van der Waals surface area contributed by atoms with Gasteiger partial charge in [-0.25, -0.2) is 0 Å². The predicted octanol–water partition coefficient (Wildman–Crippen LogP) is 4.38. The van der Waals surface area contributed by atoms with E-state index in [0.29, 0.717) is 34.7 Å². The van der Waals surface area contributed by atoms with Gasteiger partial charge in [0.1, 0.15) is 30.5 Å². The standard InChI is InChI=1S/C24H21Br2N3O5S/c25-17-9-10-21(20(26)14-17)34-15-22(30)28-29-24(35)27-23(31)16-5-4-8-19(13-16)33-12-11-32-18-6-2-1-3-7-18/h1-10,13-14H,11-12,15H2,(H,28,30)(H2,27,29,31,35). The first-order valence-corrected chi connectivity index (χ1v) is 12.3. The molecule has 0 aromatic heterocycles. The van der Waals surface area contributed by atoms with Crippen molar-refractivity contribution in [3.8, 4) is 17.2 Å². The third kappa shape index (κ3) is 9.19. The van der Waals surface area contributed by atoms with Crippen LogP contribution in [0.15, 0.2) is 81.7 Å². The van der Waals surface area contributed by atoms with Crippen molar-refractivity contribution in [3.63, 3.8) is 0 Å². The Bertz CT molecular complexity index is 1180. The zero-order valence-corrected chi connectivity index (χ0v) is 22.2. The minimum absolute atomic E-state index is 0.0734. The summed E-state index contributed by atoms with van der Waals surface area (Å²) in [6, 6.07) is 21.3. The Morgan fingerprint density at radius 3 is 2.26 bits per heavy atom. The fraction of sp³-hybridized carbons (Fsp3) is 0.125. The van der Waals surface area contributed by atoms with Gasteiger partial charge in [-0.05, 0) is 76.7 Å². The number of carbonyl (C=O) groups is 2. The molecule has 0 heterocycles. The van der Waals surface area contributed by atoms with E-state index in [1.54, 1.807) is 42.5 Å². The van der Waals surface area contributed by atoms with Crippen molar-refractivity contribution in [2.24, 2.45) is 0 Å². The van der Waals surface area contributed by atoms with Crippen molar-refractivity contribution >= 4 is 61.0 Å². The summed E-state index contributed by atoms with van der Waals surface area (Å²) < 4.78 is 18.2. The summed E-state index contributed by atoms with van der Waals surface area (Å²) in [5.41, 5.74) is 5.17. The maximum atomic E-state index is 12.5. The molecule has 182 valence electrons. The van der Waals surface area contributed by atoms with E-state index in [0.717, 1.165) is 10.2 Å². The highest BCUT2D eigenvalue weighted by atomic mass is 79.9. The van der Waals surface area contributed by atoms with Crippen molar-refractivity contribution in [1.82, 2.24) is 16.2 Å². The molecule has 8 nitrogen and oxygen atoms in total. The van der Waals surface area contributed by atoms with E-state index in [-0.39, 0.29) is 11.7 Å². The molecule has 0 bridgehead atoms. The van der Waals surface area contributed by atoms with E-state index >= 15 is 0 Å². The summed E-state index contributed by atoms with van der Waals surface area (Å²) in [5, 5.41) is 2.42. The zero-order chi connectivity index (χ0) is 25.0. The summed E-state index contributed by atoms with van der Waals surface area (Å²) in [6.07, 6.45) is 0. The first kappa shape index (κ1) is 26.5. The van der Waals surface area contributed by atoms with E-state index < -0.39 is 11.8 Å². The van der Waals surface area contributed by atoms with Crippen LogP contribution in [0.5, 0.6) is 17.2 Å². The second-order valence-corrected chi connectivity index (χ2v) is 9.04. The molecule has 0 radical (unpaired) electrons. The number of hydrogen-bond acceptors (Lipinski definition) is 6. The lowest BCUT2D eigenvalue weighted by atomic mass is 10.2. The molecule has 3 aromatic rings. The van der Waals surface area contributed by atoms with Gasteiger partial charge in [0, 0.05) is 10.0 Å². The summed E-state index contributed by atoms with van der Waals surface area (Å²) in [7, 11) is 0. The molecule has 3 rings (SSSR count). The molecule has 2 amide bonds. The number of rotatable bonds is 9. The topological polar surface area (TPSA) is 97.9 Å². The smallest absolute Gasteiger partial charge is 0.276 e. The molecule has 0 atom stereocenters. The van der Waals surface area contributed by atoms with Gasteiger partial charge in [0.05, 0.1) is 4.47 Å². The number of carbonyl (C=O) groups excluding carboxylic acids is 2. The third-order valence-electron chi connectivity index (χ3n) is 4.26. The third-order valence-corrected chi connectivity index (χ3v) is 5.57. The molecule has 0 spiro atoms. The maximum absolute atomic E-state index is 12.5. The molecule has 3 aromatic carbocycles. The normalized spacial score (nSPS) is 10.1. The summed E-state index contributed by atoms with van der Waals surface area (Å²) in [6.45, 7) is 0.415. The number of benzene rings is 3. The average molecular weight is 623 g/mol. The predicted molar refractivity (Wildman–Crippen MR) is 143 cm³/mol. The van der Waals surface area contributed by atoms with E-state index in [9.17, 15) is 9.59 Å². The quantitative estimate of drug-likeness (QED) is 0.185. The molecular weight excluding hydrogens is 602 g/mol. The first-order valence-electron chi connectivity index (χ1n) is 10.3. The lowest BCUT2D eigenvalue weighted by Crippen LogP contribution is -2.49. The molecule has 11 heteroatoms. The fourth-order valence-corrected chi connectivity index (χ4v) is 3.97. The molecule has 0 unspecified atom stereocenters. The Morgan fingerprint density at radius 1 is 0.800 bits per heavy atom. The van der Waals surface area contributed by atoms with Gasteiger partial charge in [0.15, 0.2) is 11.7 Å².